The summed E-state index contributed by atoms with van der Waals surface area (Å²) >= 11 is 0. The van der Waals surface area contributed by atoms with Gasteiger partial charge in [0.15, 0.2) is 0 Å². The van der Waals surface area contributed by atoms with Gasteiger partial charge in [0.1, 0.15) is 0 Å². The Hall–Kier alpha value is -0.860. The monoisotopic (exact) mass is 277 g/mol. The summed E-state index contributed by atoms with van der Waals surface area (Å²) in [6.07, 6.45) is 0. The number of rotatable bonds is 7. The van der Waals surface area contributed by atoms with Crippen molar-refractivity contribution in [2.75, 3.05) is 13.2 Å². The van der Waals surface area contributed by atoms with Crippen LogP contribution in [0.1, 0.15) is 56.0 Å². The van der Waals surface area contributed by atoms with E-state index in [4.69, 9.17) is 4.74 Å². The van der Waals surface area contributed by atoms with Crippen LogP contribution < -0.4 is 5.32 Å². The van der Waals surface area contributed by atoms with Gasteiger partial charge in [-0.25, -0.2) is 0 Å². The zero-order chi connectivity index (χ0) is 15.3. The predicted molar refractivity (Wildman–Crippen MR) is 87.3 cm³/mol. The standard InChI is InChI=1S/C18H31NO/c1-8-20-11-18(12(2)3)19-16(7)17-10-14(5)13(4)9-15(17)6/h9-10,12,16,18-19H,8,11H2,1-7H3. The first-order valence-corrected chi connectivity index (χ1v) is 7.78. The molecule has 0 aromatic heterocycles. The van der Waals surface area contributed by atoms with Gasteiger partial charge in [-0.1, -0.05) is 26.0 Å². The van der Waals surface area contributed by atoms with Gasteiger partial charge in [-0.05, 0) is 62.8 Å². The maximum absolute atomic E-state index is 5.60. The summed E-state index contributed by atoms with van der Waals surface area (Å²) in [5.41, 5.74) is 5.50. The van der Waals surface area contributed by atoms with Crippen molar-refractivity contribution >= 4 is 0 Å². The molecule has 0 radical (unpaired) electrons. The lowest BCUT2D eigenvalue weighted by molar-refractivity contribution is 0.104. The van der Waals surface area contributed by atoms with Crippen molar-refractivity contribution in [2.24, 2.45) is 5.92 Å². The number of ether oxygens (including phenoxy) is 1. The fraction of sp³-hybridized carbons (Fsp3) is 0.667. The zero-order valence-corrected chi connectivity index (χ0v) is 14.2. The third-order valence-corrected chi connectivity index (χ3v) is 4.12. The average Bonchev–Trinajstić information content (AvgIpc) is 2.38. The van der Waals surface area contributed by atoms with E-state index in [-0.39, 0.29) is 0 Å². The largest absolute Gasteiger partial charge is 0.380 e. The molecule has 2 unspecified atom stereocenters. The molecule has 0 aliphatic rings. The van der Waals surface area contributed by atoms with Gasteiger partial charge in [0.2, 0.25) is 0 Å². The van der Waals surface area contributed by atoms with Gasteiger partial charge in [-0.15, -0.1) is 0 Å². The molecule has 0 bridgehead atoms. The molecular formula is C18H31NO. The van der Waals surface area contributed by atoms with Gasteiger partial charge in [0, 0.05) is 18.7 Å². The molecule has 114 valence electrons. The Morgan fingerprint density at radius 2 is 1.60 bits per heavy atom. The summed E-state index contributed by atoms with van der Waals surface area (Å²) in [4.78, 5) is 0. The van der Waals surface area contributed by atoms with Crippen LogP contribution in [-0.4, -0.2) is 19.3 Å². The van der Waals surface area contributed by atoms with Crippen molar-refractivity contribution in [2.45, 2.75) is 60.5 Å². The zero-order valence-electron chi connectivity index (χ0n) is 14.2. The molecule has 0 aliphatic carbocycles. The Kier molecular flexibility index (Phi) is 6.70. The van der Waals surface area contributed by atoms with Crippen LogP contribution in [0.3, 0.4) is 0 Å². The Bertz CT molecular complexity index is 426. The average molecular weight is 277 g/mol. The van der Waals surface area contributed by atoms with Crippen LogP contribution in [0.2, 0.25) is 0 Å². The van der Waals surface area contributed by atoms with E-state index in [1.165, 1.54) is 22.3 Å². The summed E-state index contributed by atoms with van der Waals surface area (Å²) in [7, 11) is 0. The number of nitrogens with one attached hydrogen (secondary N) is 1. The maximum atomic E-state index is 5.60. The third-order valence-electron chi connectivity index (χ3n) is 4.12. The van der Waals surface area contributed by atoms with Crippen molar-refractivity contribution in [1.82, 2.24) is 5.32 Å². The Balaban J connectivity index is 2.83. The van der Waals surface area contributed by atoms with E-state index in [1.807, 2.05) is 6.92 Å². The molecule has 0 fully saturated rings. The third kappa shape index (κ3) is 4.60. The van der Waals surface area contributed by atoms with Gasteiger partial charge in [-0.2, -0.15) is 0 Å². The van der Waals surface area contributed by atoms with Crippen LogP contribution in [-0.2, 0) is 4.74 Å². The molecule has 0 saturated heterocycles. The minimum absolute atomic E-state index is 0.349. The molecule has 1 rings (SSSR count). The minimum atomic E-state index is 0.349. The van der Waals surface area contributed by atoms with Crippen molar-refractivity contribution in [3.8, 4) is 0 Å². The molecule has 1 aromatic rings. The number of benzene rings is 1. The summed E-state index contributed by atoms with van der Waals surface area (Å²) in [6, 6.07) is 5.35. The first-order valence-electron chi connectivity index (χ1n) is 7.78. The van der Waals surface area contributed by atoms with E-state index in [9.17, 15) is 0 Å². The fourth-order valence-corrected chi connectivity index (χ4v) is 2.54. The highest BCUT2D eigenvalue weighted by atomic mass is 16.5. The van der Waals surface area contributed by atoms with E-state index in [1.54, 1.807) is 0 Å². The number of hydrogen-bond donors (Lipinski definition) is 1. The summed E-state index contributed by atoms with van der Waals surface area (Å²) in [5.74, 6) is 0.566. The predicted octanol–water partition coefficient (Wildman–Crippen LogP) is 4.32. The van der Waals surface area contributed by atoms with Crippen LogP contribution in [0.15, 0.2) is 12.1 Å². The van der Waals surface area contributed by atoms with E-state index < -0.39 is 0 Å². The molecule has 2 nitrogen and oxygen atoms in total. The molecule has 2 atom stereocenters. The first-order chi connectivity index (χ1) is 9.36. The van der Waals surface area contributed by atoms with Gasteiger partial charge in [0.25, 0.3) is 0 Å². The van der Waals surface area contributed by atoms with Crippen LogP contribution in [0.4, 0.5) is 0 Å². The number of hydrogen-bond acceptors (Lipinski definition) is 2. The molecular weight excluding hydrogens is 246 g/mol. The van der Waals surface area contributed by atoms with Gasteiger partial charge < -0.3 is 10.1 Å². The van der Waals surface area contributed by atoms with E-state index in [0.717, 1.165) is 13.2 Å². The summed E-state index contributed by atoms with van der Waals surface area (Å²) < 4.78 is 5.60. The van der Waals surface area contributed by atoms with Crippen LogP contribution in [0.25, 0.3) is 0 Å². The van der Waals surface area contributed by atoms with Crippen LogP contribution in [0, 0.1) is 26.7 Å². The normalized spacial score (nSPS) is 14.6. The second kappa shape index (κ2) is 7.80. The van der Waals surface area contributed by atoms with Crippen molar-refractivity contribution in [3.63, 3.8) is 0 Å². The minimum Gasteiger partial charge on any atom is -0.380 e. The molecule has 20 heavy (non-hydrogen) atoms. The lowest BCUT2D eigenvalue weighted by atomic mass is 9.95. The first kappa shape index (κ1) is 17.2. The highest BCUT2D eigenvalue weighted by Crippen LogP contribution is 2.22. The lowest BCUT2D eigenvalue weighted by Crippen LogP contribution is -2.39. The highest BCUT2D eigenvalue weighted by molar-refractivity contribution is 5.38. The highest BCUT2D eigenvalue weighted by Gasteiger charge is 2.18. The van der Waals surface area contributed by atoms with Gasteiger partial charge in [0.05, 0.1) is 6.61 Å². The van der Waals surface area contributed by atoms with Crippen molar-refractivity contribution in [3.05, 3.63) is 34.4 Å². The van der Waals surface area contributed by atoms with Crippen LogP contribution >= 0.6 is 0 Å². The molecule has 2 heteroatoms. The van der Waals surface area contributed by atoms with E-state index in [0.29, 0.717) is 18.0 Å². The molecule has 0 amide bonds. The lowest BCUT2D eigenvalue weighted by Gasteiger charge is -2.27. The smallest absolute Gasteiger partial charge is 0.0622 e. The van der Waals surface area contributed by atoms with Crippen LogP contribution in [0.5, 0.6) is 0 Å². The SMILES string of the molecule is CCOCC(NC(C)c1cc(C)c(C)cc1C)C(C)C. The molecule has 0 saturated carbocycles. The number of aryl methyl sites for hydroxylation is 3. The second-order valence-electron chi connectivity index (χ2n) is 6.19. The van der Waals surface area contributed by atoms with Gasteiger partial charge >= 0.3 is 0 Å². The second-order valence-corrected chi connectivity index (χ2v) is 6.19. The van der Waals surface area contributed by atoms with E-state index in [2.05, 4.69) is 59.0 Å². The fourth-order valence-electron chi connectivity index (χ4n) is 2.54. The molecule has 0 spiro atoms. The van der Waals surface area contributed by atoms with Crippen molar-refractivity contribution in [1.29, 1.82) is 0 Å². The Labute approximate surface area is 124 Å². The Morgan fingerprint density at radius 3 is 2.15 bits per heavy atom. The Morgan fingerprint density at radius 1 is 1.00 bits per heavy atom. The molecule has 1 aromatic carbocycles. The van der Waals surface area contributed by atoms with E-state index >= 15 is 0 Å². The quantitative estimate of drug-likeness (QED) is 0.801. The van der Waals surface area contributed by atoms with Gasteiger partial charge in [-0.3, -0.25) is 0 Å². The summed E-state index contributed by atoms with van der Waals surface area (Å²) in [6.45, 7) is 16.9. The summed E-state index contributed by atoms with van der Waals surface area (Å²) in [5, 5.41) is 3.73. The van der Waals surface area contributed by atoms with Crippen molar-refractivity contribution < 1.29 is 4.74 Å². The topological polar surface area (TPSA) is 21.3 Å². The molecule has 0 aliphatic heterocycles. The molecule has 1 N–H and O–H groups in total. The maximum Gasteiger partial charge on any atom is 0.0622 e. The molecule has 0 heterocycles.